The fourth-order valence-electron chi connectivity index (χ4n) is 2.02. The van der Waals surface area contributed by atoms with Crippen LogP contribution in [0.1, 0.15) is 5.56 Å². The third-order valence-corrected chi connectivity index (χ3v) is 3.02. The number of benzene rings is 1. The Morgan fingerprint density at radius 2 is 2.16 bits per heavy atom. The lowest BCUT2D eigenvalue weighted by molar-refractivity contribution is 0.893. The van der Waals surface area contributed by atoms with Gasteiger partial charge in [0.1, 0.15) is 6.33 Å². The molecular weight excluding hydrogens is 240 g/mol. The molecule has 1 aromatic carbocycles. The molecule has 0 spiro atoms. The van der Waals surface area contributed by atoms with Gasteiger partial charge in [0.15, 0.2) is 5.82 Å². The number of fused-ring (bicyclic) bond motifs is 1. The van der Waals surface area contributed by atoms with Crippen molar-refractivity contribution < 1.29 is 0 Å². The van der Waals surface area contributed by atoms with E-state index in [4.69, 9.17) is 5.73 Å². The summed E-state index contributed by atoms with van der Waals surface area (Å²) in [6.45, 7) is 0.673. The van der Waals surface area contributed by atoms with Gasteiger partial charge in [-0.3, -0.25) is 4.40 Å². The third-order valence-electron chi connectivity index (χ3n) is 3.02. The van der Waals surface area contributed by atoms with Crippen LogP contribution in [0.4, 0.5) is 11.5 Å². The molecule has 0 aliphatic rings. The molecule has 0 saturated heterocycles. The minimum atomic E-state index is 0.673. The molecule has 2 heterocycles. The summed E-state index contributed by atoms with van der Waals surface area (Å²) >= 11 is 0. The van der Waals surface area contributed by atoms with Crippen molar-refractivity contribution in [2.75, 3.05) is 17.7 Å². The van der Waals surface area contributed by atoms with E-state index in [0.29, 0.717) is 6.54 Å². The second-order valence-electron chi connectivity index (χ2n) is 4.37. The first-order valence-electron chi connectivity index (χ1n) is 5.94. The largest absolute Gasteiger partial charge is 0.398 e. The topological polar surface area (TPSA) is 72.3 Å². The zero-order chi connectivity index (χ0) is 13.2. The maximum Gasteiger partial charge on any atom is 0.203 e. The number of rotatable bonds is 3. The normalized spacial score (nSPS) is 10.8. The highest BCUT2D eigenvalue weighted by Gasteiger charge is 2.11. The lowest BCUT2D eigenvalue weighted by atomic mass is 10.2. The third kappa shape index (κ3) is 2.08. The number of nitrogen functional groups attached to an aromatic ring is 1. The highest BCUT2D eigenvalue weighted by atomic mass is 15.3. The predicted molar refractivity (Wildman–Crippen MR) is 73.7 cm³/mol. The molecule has 3 rings (SSSR count). The average molecular weight is 254 g/mol. The first kappa shape index (κ1) is 11.5. The first-order valence-corrected chi connectivity index (χ1v) is 5.94. The Bertz CT molecular complexity index is 705. The van der Waals surface area contributed by atoms with E-state index in [1.165, 1.54) is 0 Å². The van der Waals surface area contributed by atoms with Crippen molar-refractivity contribution in [3.8, 4) is 0 Å². The van der Waals surface area contributed by atoms with Gasteiger partial charge in [-0.15, -0.1) is 10.2 Å². The molecular formula is C13H14N6. The highest BCUT2D eigenvalue weighted by Crippen LogP contribution is 2.19. The molecule has 6 heteroatoms. The second kappa shape index (κ2) is 4.56. The van der Waals surface area contributed by atoms with Crippen molar-refractivity contribution in [3.05, 3.63) is 48.5 Å². The fraction of sp³-hybridized carbons (Fsp3) is 0.154. The average Bonchev–Trinajstić information content (AvgIpc) is 2.89. The molecule has 0 unspecified atom stereocenters. The molecule has 0 fully saturated rings. The lowest BCUT2D eigenvalue weighted by Gasteiger charge is -2.19. The number of nitrogens with zero attached hydrogens (tertiary/aromatic N) is 5. The van der Waals surface area contributed by atoms with Gasteiger partial charge in [-0.25, -0.2) is 4.98 Å². The van der Waals surface area contributed by atoms with Crippen LogP contribution in [0.3, 0.4) is 0 Å². The van der Waals surface area contributed by atoms with E-state index in [1.807, 2.05) is 46.8 Å². The lowest BCUT2D eigenvalue weighted by Crippen LogP contribution is -2.19. The molecule has 0 atom stereocenters. The Morgan fingerprint density at radius 1 is 1.32 bits per heavy atom. The smallest absolute Gasteiger partial charge is 0.203 e. The van der Waals surface area contributed by atoms with Gasteiger partial charge in [-0.2, -0.15) is 0 Å². The fourth-order valence-corrected chi connectivity index (χ4v) is 2.02. The van der Waals surface area contributed by atoms with Crippen LogP contribution in [-0.4, -0.2) is 26.6 Å². The Balaban J connectivity index is 1.94. The summed E-state index contributed by atoms with van der Waals surface area (Å²) in [4.78, 5) is 6.38. The summed E-state index contributed by atoms with van der Waals surface area (Å²) in [6.07, 6.45) is 5.21. The van der Waals surface area contributed by atoms with Crippen molar-refractivity contribution in [2.45, 2.75) is 6.54 Å². The monoisotopic (exact) mass is 254 g/mol. The van der Waals surface area contributed by atoms with Gasteiger partial charge < -0.3 is 10.6 Å². The Labute approximate surface area is 110 Å². The molecule has 6 nitrogen and oxygen atoms in total. The molecule has 2 N–H and O–H groups in total. The molecule has 0 bridgehead atoms. The number of hydrogen-bond acceptors (Lipinski definition) is 5. The van der Waals surface area contributed by atoms with Crippen LogP contribution >= 0.6 is 0 Å². The summed E-state index contributed by atoms with van der Waals surface area (Å²) < 4.78 is 1.84. The summed E-state index contributed by atoms with van der Waals surface area (Å²) in [5, 5.41) is 7.97. The molecule has 3 aromatic rings. The maximum atomic E-state index is 5.96. The molecule has 0 radical (unpaired) electrons. The molecule has 0 saturated carbocycles. The zero-order valence-electron chi connectivity index (χ0n) is 10.6. The van der Waals surface area contributed by atoms with Crippen molar-refractivity contribution in [1.82, 2.24) is 19.6 Å². The summed E-state index contributed by atoms with van der Waals surface area (Å²) in [7, 11) is 1.96. The van der Waals surface area contributed by atoms with Crippen LogP contribution in [0.25, 0.3) is 5.65 Å². The van der Waals surface area contributed by atoms with Gasteiger partial charge in [0.25, 0.3) is 0 Å². The summed E-state index contributed by atoms with van der Waals surface area (Å²) in [6, 6.07) is 7.81. The molecule has 0 aliphatic heterocycles. The Morgan fingerprint density at radius 3 is 3.00 bits per heavy atom. The van der Waals surface area contributed by atoms with Gasteiger partial charge >= 0.3 is 0 Å². The minimum Gasteiger partial charge on any atom is -0.398 e. The van der Waals surface area contributed by atoms with Crippen LogP contribution in [0.5, 0.6) is 0 Å². The van der Waals surface area contributed by atoms with E-state index in [9.17, 15) is 0 Å². The summed E-state index contributed by atoms with van der Waals surface area (Å²) in [5.41, 5.74) is 8.54. The van der Waals surface area contributed by atoms with Crippen molar-refractivity contribution >= 4 is 17.2 Å². The second-order valence-corrected chi connectivity index (χ2v) is 4.37. The predicted octanol–water partition coefficient (Wildman–Crippen LogP) is 1.34. The molecule has 19 heavy (non-hydrogen) atoms. The van der Waals surface area contributed by atoms with Gasteiger partial charge in [0.05, 0.1) is 0 Å². The van der Waals surface area contributed by atoms with Crippen molar-refractivity contribution in [1.29, 1.82) is 0 Å². The van der Waals surface area contributed by atoms with Crippen LogP contribution in [0.15, 0.2) is 43.0 Å². The van der Waals surface area contributed by atoms with Gasteiger partial charge in [0, 0.05) is 31.7 Å². The number of hydrogen-bond donors (Lipinski definition) is 1. The first-order chi connectivity index (χ1) is 9.25. The van der Waals surface area contributed by atoms with E-state index < -0.39 is 0 Å². The van der Waals surface area contributed by atoms with Gasteiger partial charge in [-0.05, 0) is 11.6 Å². The van der Waals surface area contributed by atoms with Crippen molar-refractivity contribution in [2.24, 2.45) is 0 Å². The van der Waals surface area contributed by atoms with E-state index in [-0.39, 0.29) is 0 Å². The number of anilines is 2. The molecule has 0 aliphatic carbocycles. The SMILES string of the molecule is CN(Cc1ccccc1N)c1nccn2cnnc12. The molecule has 2 aromatic heterocycles. The standard InChI is InChI=1S/C13H14N6/c1-18(8-10-4-2-3-5-11(10)14)12-13-17-16-9-19(13)7-6-15-12/h2-7,9H,8,14H2,1H3. The maximum absolute atomic E-state index is 5.96. The van der Waals surface area contributed by atoms with Gasteiger partial charge in [-0.1, -0.05) is 18.2 Å². The van der Waals surface area contributed by atoms with Crippen LogP contribution in [0, 0.1) is 0 Å². The molecule has 96 valence electrons. The summed E-state index contributed by atoms with van der Waals surface area (Å²) in [5.74, 6) is 0.781. The molecule has 0 amide bonds. The van der Waals surface area contributed by atoms with E-state index in [0.717, 1.165) is 22.7 Å². The number of nitrogens with two attached hydrogens (primary N) is 1. The van der Waals surface area contributed by atoms with E-state index in [1.54, 1.807) is 12.5 Å². The minimum absolute atomic E-state index is 0.673. The van der Waals surface area contributed by atoms with Crippen LogP contribution in [-0.2, 0) is 6.54 Å². The van der Waals surface area contributed by atoms with Crippen LogP contribution in [0.2, 0.25) is 0 Å². The van der Waals surface area contributed by atoms with E-state index >= 15 is 0 Å². The van der Waals surface area contributed by atoms with Crippen molar-refractivity contribution in [3.63, 3.8) is 0 Å². The van der Waals surface area contributed by atoms with Gasteiger partial charge in [0.2, 0.25) is 5.65 Å². The Kier molecular flexibility index (Phi) is 2.75. The van der Waals surface area contributed by atoms with E-state index in [2.05, 4.69) is 15.2 Å². The zero-order valence-corrected chi connectivity index (χ0v) is 10.6. The number of para-hydroxylation sites is 1. The quantitative estimate of drug-likeness (QED) is 0.714. The number of aromatic nitrogens is 4. The highest BCUT2D eigenvalue weighted by molar-refractivity contribution is 5.63. The van der Waals surface area contributed by atoms with Crippen LogP contribution < -0.4 is 10.6 Å². The Hall–Kier alpha value is -2.63.